The minimum absolute atomic E-state index is 0.130. The summed E-state index contributed by atoms with van der Waals surface area (Å²) >= 11 is 1.09. The van der Waals surface area contributed by atoms with E-state index in [9.17, 15) is 14.0 Å². The van der Waals surface area contributed by atoms with Crippen LogP contribution >= 0.6 is 11.8 Å². The van der Waals surface area contributed by atoms with Gasteiger partial charge in [-0.05, 0) is 31.9 Å². The van der Waals surface area contributed by atoms with Crippen molar-refractivity contribution < 1.29 is 14.0 Å². The maximum atomic E-state index is 13.8. The van der Waals surface area contributed by atoms with Gasteiger partial charge < -0.3 is 5.32 Å². The van der Waals surface area contributed by atoms with E-state index >= 15 is 0 Å². The second kappa shape index (κ2) is 8.98. The molecule has 144 valence electrons. The second-order valence-corrected chi connectivity index (χ2v) is 7.81. The Morgan fingerprint density at radius 2 is 2.00 bits per heavy atom. The average Bonchev–Trinajstić information content (AvgIpc) is 3.11. The number of hydrogen-bond acceptors (Lipinski definition) is 5. The van der Waals surface area contributed by atoms with Gasteiger partial charge in [0.15, 0.2) is 5.82 Å². The normalized spacial score (nSPS) is 15.9. The van der Waals surface area contributed by atoms with Gasteiger partial charge in [0, 0.05) is 6.04 Å². The summed E-state index contributed by atoms with van der Waals surface area (Å²) in [6.45, 7) is 1.66. The first kappa shape index (κ1) is 19.3. The highest BCUT2D eigenvalue weighted by Crippen LogP contribution is 2.24. The molecule has 9 heteroatoms. The van der Waals surface area contributed by atoms with E-state index in [0.29, 0.717) is 16.5 Å². The minimum atomic E-state index is -0.577. The summed E-state index contributed by atoms with van der Waals surface area (Å²) in [7, 11) is 0. The molecule has 1 saturated carbocycles. The maximum Gasteiger partial charge on any atom is 0.321 e. The Hall–Kier alpha value is -2.42. The lowest BCUT2D eigenvalue weighted by Gasteiger charge is -2.22. The third-order valence-electron chi connectivity index (χ3n) is 4.42. The fraction of sp³-hybridized carbons (Fsp3) is 0.444. The molecule has 0 radical (unpaired) electrons. The third kappa shape index (κ3) is 5.29. The molecule has 3 rings (SSSR count). The first-order chi connectivity index (χ1) is 13.0. The van der Waals surface area contributed by atoms with Crippen LogP contribution in [0.25, 0.3) is 11.4 Å². The van der Waals surface area contributed by atoms with Gasteiger partial charge in [-0.15, -0.1) is 5.10 Å². The summed E-state index contributed by atoms with van der Waals surface area (Å²) in [5.41, 5.74) is 0.306. The molecule has 1 atom stereocenters. The standard InChI is InChI=1S/C18H22FN5O2S/c1-11(16(25)22-17(26)20-12-7-3-2-4-8-12)27-18-21-15(23-24-18)13-9-5-6-10-14(13)19/h5-6,9-12H,2-4,7-8H2,1H3,(H,21,23,24)(H2,20,22,25,26). The van der Waals surface area contributed by atoms with Crippen molar-refractivity contribution in [2.75, 3.05) is 0 Å². The molecule has 1 aliphatic rings. The molecular formula is C18H22FN5O2S. The van der Waals surface area contributed by atoms with Crippen LogP contribution in [0.15, 0.2) is 29.4 Å². The molecule has 3 amide bonds. The largest absolute Gasteiger partial charge is 0.335 e. The summed E-state index contributed by atoms with van der Waals surface area (Å²) < 4.78 is 13.8. The number of amides is 3. The van der Waals surface area contributed by atoms with Crippen molar-refractivity contribution in [3.63, 3.8) is 0 Å². The van der Waals surface area contributed by atoms with Crippen molar-refractivity contribution in [2.45, 2.75) is 55.5 Å². The Bertz CT molecular complexity index is 807. The Labute approximate surface area is 160 Å². The van der Waals surface area contributed by atoms with E-state index in [-0.39, 0.29) is 6.04 Å². The lowest BCUT2D eigenvalue weighted by Crippen LogP contribution is -2.47. The number of benzene rings is 1. The maximum absolute atomic E-state index is 13.8. The first-order valence-electron chi connectivity index (χ1n) is 8.98. The predicted molar refractivity (Wildman–Crippen MR) is 101 cm³/mol. The number of H-pyrrole nitrogens is 1. The molecule has 3 N–H and O–H groups in total. The number of carbonyl (C=O) groups is 2. The summed E-state index contributed by atoms with van der Waals surface area (Å²) in [4.78, 5) is 28.4. The SMILES string of the molecule is CC(Sc1n[nH]c(-c2ccccc2F)n1)C(=O)NC(=O)NC1CCCCC1. The van der Waals surface area contributed by atoms with Crippen molar-refractivity contribution in [1.82, 2.24) is 25.8 Å². The molecule has 1 aromatic carbocycles. The number of rotatable bonds is 5. The van der Waals surface area contributed by atoms with Gasteiger partial charge in [0.2, 0.25) is 11.1 Å². The molecule has 27 heavy (non-hydrogen) atoms. The number of nitrogens with one attached hydrogen (secondary N) is 3. The van der Waals surface area contributed by atoms with E-state index in [1.165, 1.54) is 12.5 Å². The van der Waals surface area contributed by atoms with E-state index in [2.05, 4.69) is 25.8 Å². The molecule has 0 aliphatic heterocycles. The molecular weight excluding hydrogens is 369 g/mol. The second-order valence-electron chi connectivity index (χ2n) is 6.50. The number of nitrogens with zero attached hydrogens (tertiary/aromatic N) is 2. The van der Waals surface area contributed by atoms with Crippen LogP contribution in [0, 0.1) is 5.82 Å². The smallest absolute Gasteiger partial charge is 0.321 e. The van der Waals surface area contributed by atoms with Crippen LogP contribution in [-0.2, 0) is 4.79 Å². The number of halogens is 1. The van der Waals surface area contributed by atoms with Crippen molar-refractivity contribution in [1.29, 1.82) is 0 Å². The quantitative estimate of drug-likeness (QED) is 0.680. The fourth-order valence-corrected chi connectivity index (χ4v) is 3.69. The van der Waals surface area contributed by atoms with Crippen molar-refractivity contribution in [3.8, 4) is 11.4 Å². The average molecular weight is 391 g/mol. The van der Waals surface area contributed by atoms with Gasteiger partial charge in [-0.1, -0.05) is 43.2 Å². The topological polar surface area (TPSA) is 99.8 Å². The summed E-state index contributed by atoms with van der Waals surface area (Å²) in [5.74, 6) is -0.542. The zero-order valence-corrected chi connectivity index (χ0v) is 15.8. The Morgan fingerprint density at radius 3 is 2.74 bits per heavy atom. The zero-order chi connectivity index (χ0) is 19.2. The first-order valence-corrected chi connectivity index (χ1v) is 9.86. The Balaban J connectivity index is 1.52. The van der Waals surface area contributed by atoms with E-state index in [0.717, 1.165) is 37.4 Å². The number of urea groups is 1. The van der Waals surface area contributed by atoms with Gasteiger partial charge in [0.1, 0.15) is 5.82 Å². The number of thioether (sulfide) groups is 1. The number of aromatic amines is 1. The van der Waals surface area contributed by atoms with Crippen LogP contribution in [-0.4, -0.2) is 38.4 Å². The van der Waals surface area contributed by atoms with Crippen LogP contribution in [0.2, 0.25) is 0 Å². The van der Waals surface area contributed by atoms with Gasteiger partial charge in [0.25, 0.3) is 0 Å². The molecule has 2 aromatic rings. The van der Waals surface area contributed by atoms with Crippen LogP contribution in [0.4, 0.5) is 9.18 Å². The van der Waals surface area contributed by atoms with Gasteiger partial charge >= 0.3 is 6.03 Å². The molecule has 1 aromatic heterocycles. The minimum Gasteiger partial charge on any atom is -0.335 e. The monoisotopic (exact) mass is 391 g/mol. The van der Waals surface area contributed by atoms with Crippen LogP contribution in [0.5, 0.6) is 0 Å². The number of aromatic nitrogens is 3. The molecule has 7 nitrogen and oxygen atoms in total. The molecule has 1 fully saturated rings. The van der Waals surface area contributed by atoms with E-state index in [1.807, 2.05) is 0 Å². The van der Waals surface area contributed by atoms with E-state index in [1.54, 1.807) is 25.1 Å². The Morgan fingerprint density at radius 1 is 1.26 bits per heavy atom. The molecule has 1 unspecified atom stereocenters. The summed E-state index contributed by atoms with van der Waals surface area (Å²) in [5, 5.41) is 11.6. The van der Waals surface area contributed by atoms with Gasteiger partial charge in [-0.3, -0.25) is 15.2 Å². The highest BCUT2D eigenvalue weighted by Gasteiger charge is 2.22. The van der Waals surface area contributed by atoms with Crippen molar-refractivity contribution in [3.05, 3.63) is 30.1 Å². The fourth-order valence-electron chi connectivity index (χ4n) is 2.97. The Kier molecular flexibility index (Phi) is 6.44. The lowest BCUT2D eigenvalue weighted by atomic mass is 9.96. The number of carbonyl (C=O) groups excluding carboxylic acids is 2. The highest BCUT2D eigenvalue weighted by atomic mass is 32.2. The van der Waals surface area contributed by atoms with Crippen LogP contribution < -0.4 is 10.6 Å². The number of hydrogen-bond donors (Lipinski definition) is 3. The zero-order valence-electron chi connectivity index (χ0n) is 15.0. The molecule has 1 aliphatic carbocycles. The van der Waals surface area contributed by atoms with Crippen molar-refractivity contribution in [2.24, 2.45) is 0 Å². The molecule has 1 heterocycles. The predicted octanol–water partition coefficient (Wildman–Crippen LogP) is 3.25. The van der Waals surface area contributed by atoms with Crippen LogP contribution in [0.3, 0.4) is 0 Å². The third-order valence-corrected chi connectivity index (χ3v) is 5.38. The molecule has 0 bridgehead atoms. The molecule has 0 saturated heterocycles. The summed E-state index contributed by atoms with van der Waals surface area (Å²) in [6, 6.07) is 5.89. The van der Waals surface area contributed by atoms with Gasteiger partial charge in [-0.25, -0.2) is 14.2 Å². The van der Waals surface area contributed by atoms with E-state index in [4.69, 9.17) is 0 Å². The highest BCUT2D eigenvalue weighted by molar-refractivity contribution is 8.00. The molecule has 0 spiro atoms. The lowest BCUT2D eigenvalue weighted by molar-refractivity contribution is -0.119. The van der Waals surface area contributed by atoms with Crippen LogP contribution in [0.1, 0.15) is 39.0 Å². The summed E-state index contributed by atoms with van der Waals surface area (Å²) in [6.07, 6.45) is 5.28. The van der Waals surface area contributed by atoms with Gasteiger partial charge in [-0.2, -0.15) is 0 Å². The van der Waals surface area contributed by atoms with Crippen molar-refractivity contribution >= 4 is 23.7 Å². The number of imide groups is 1. The van der Waals surface area contributed by atoms with Gasteiger partial charge in [0.05, 0.1) is 10.8 Å². The van der Waals surface area contributed by atoms with E-state index < -0.39 is 23.0 Å².